The Morgan fingerprint density at radius 1 is 1.33 bits per heavy atom. The van der Waals surface area contributed by atoms with Gasteiger partial charge in [0.15, 0.2) is 0 Å². The summed E-state index contributed by atoms with van der Waals surface area (Å²) in [5.41, 5.74) is 4.83. The zero-order valence-electron chi connectivity index (χ0n) is 7.25. The SMILES string of the molecule is CC=CCc1ccc(NN)cc1. The Hall–Kier alpha value is -1.28. The Morgan fingerprint density at radius 3 is 2.50 bits per heavy atom. The molecule has 1 rings (SSSR count). The van der Waals surface area contributed by atoms with Crippen LogP contribution in [0.1, 0.15) is 12.5 Å². The Labute approximate surface area is 73.1 Å². The highest BCUT2D eigenvalue weighted by molar-refractivity contribution is 5.43. The Balaban J connectivity index is 2.64. The first-order valence-corrected chi connectivity index (χ1v) is 4.03. The van der Waals surface area contributed by atoms with Gasteiger partial charge in [0, 0.05) is 5.69 Å². The number of benzene rings is 1. The topological polar surface area (TPSA) is 38.0 Å². The maximum atomic E-state index is 5.24. The molecule has 0 radical (unpaired) electrons. The number of allylic oxidation sites excluding steroid dienone is 2. The average molecular weight is 162 g/mol. The van der Waals surface area contributed by atoms with Gasteiger partial charge >= 0.3 is 0 Å². The smallest absolute Gasteiger partial charge is 0.0485 e. The number of nitrogen functional groups attached to an aromatic ring is 1. The summed E-state index contributed by atoms with van der Waals surface area (Å²) in [5, 5.41) is 0. The lowest BCUT2D eigenvalue weighted by atomic mass is 10.1. The molecule has 64 valence electrons. The maximum absolute atomic E-state index is 5.24. The largest absolute Gasteiger partial charge is 0.324 e. The van der Waals surface area contributed by atoms with Crippen LogP contribution in [0.5, 0.6) is 0 Å². The van der Waals surface area contributed by atoms with Gasteiger partial charge in [0.25, 0.3) is 0 Å². The van der Waals surface area contributed by atoms with Crippen molar-refractivity contribution in [3.63, 3.8) is 0 Å². The molecule has 0 fully saturated rings. The fourth-order valence-corrected chi connectivity index (χ4v) is 0.991. The molecule has 0 aliphatic carbocycles. The maximum Gasteiger partial charge on any atom is 0.0485 e. The fourth-order valence-electron chi connectivity index (χ4n) is 0.991. The molecular formula is C10H14N2. The van der Waals surface area contributed by atoms with Crippen molar-refractivity contribution in [2.45, 2.75) is 13.3 Å². The molecule has 0 unspecified atom stereocenters. The summed E-state index contributed by atoms with van der Waals surface area (Å²) < 4.78 is 0. The molecule has 0 aliphatic rings. The number of nitrogens with one attached hydrogen (secondary N) is 1. The number of nitrogens with two attached hydrogens (primary N) is 1. The van der Waals surface area contributed by atoms with Gasteiger partial charge in [-0.1, -0.05) is 24.3 Å². The molecule has 0 saturated heterocycles. The van der Waals surface area contributed by atoms with Crippen molar-refractivity contribution in [1.82, 2.24) is 0 Å². The third-order valence-electron chi connectivity index (χ3n) is 1.71. The Morgan fingerprint density at radius 2 is 2.00 bits per heavy atom. The van der Waals surface area contributed by atoms with E-state index in [9.17, 15) is 0 Å². The van der Waals surface area contributed by atoms with E-state index in [1.807, 2.05) is 19.1 Å². The van der Waals surface area contributed by atoms with Crippen molar-refractivity contribution in [1.29, 1.82) is 0 Å². The molecule has 0 saturated carbocycles. The van der Waals surface area contributed by atoms with Crippen molar-refractivity contribution in [3.05, 3.63) is 42.0 Å². The molecular weight excluding hydrogens is 148 g/mol. The van der Waals surface area contributed by atoms with Crippen LogP contribution in [0.25, 0.3) is 0 Å². The van der Waals surface area contributed by atoms with E-state index in [0.717, 1.165) is 12.1 Å². The number of hydrogen-bond acceptors (Lipinski definition) is 2. The van der Waals surface area contributed by atoms with E-state index in [0.29, 0.717) is 0 Å². The van der Waals surface area contributed by atoms with E-state index in [1.54, 1.807) is 0 Å². The predicted molar refractivity (Wildman–Crippen MR) is 52.8 cm³/mol. The van der Waals surface area contributed by atoms with E-state index >= 15 is 0 Å². The summed E-state index contributed by atoms with van der Waals surface area (Å²) in [5.74, 6) is 5.24. The fraction of sp³-hybridized carbons (Fsp3) is 0.200. The predicted octanol–water partition coefficient (Wildman–Crippen LogP) is 2.09. The van der Waals surface area contributed by atoms with Crippen molar-refractivity contribution < 1.29 is 0 Å². The minimum atomic E-state index is 0.944. The second-order valence-corrected chi connectivity index (χ2v) is 2.61. The van der Waals surface area contributed by atoms with Crippen molar-refractivity contribution in [3.8, 4) is 0 Å². The van der Waals surface area contributed by atoms with Crippen molar-refractivity contribution in [2.75, 3.05) is 5.43 Å². The molecule has 0 aliphatic heterocycles. The minimum Gasteiger partial charge on any atom is -0.324 e. The standard InChI is InChI=1S/C10H14N2/c1-2-3-4-9-5-7-10(12-11)8-6-9/h2-3,5-8,12H,4,11H2,1H3. The lowest BCUT2D eigenvalue weighted by Gasteiger charge is -2.00. The zero-order chi connectivity index (χ0) is 8.81. The van der Waals surface area contributed by atoms with Gasteiger partial charge in [0.05, 0.1) is 0 Å². The van der Waals surface area contributed by atoms with Crippen LogP contribution in [0.2, 0.25) is 0 Å². The number of hydrazine groups is 1. The van der Waals surface area contributed by atoms with Crippen LogP contribution < -0.4 is 11.3 Å². The molecule has 2 heteroatoms. The second kappa shape index (κ2) is 4.57. The quantitative estimate of drug-likeness (QED) is 0.406. The molecule has 1 aromatic carbocycles. The molecule has 0 spiro atoms. The Kier molecular flexibility index (Phi) is 3.35. The average Bonchev–Trinajstić information content (AvgIpc) is 2.15. The summed E-state index contributed by atoms with van der Waals surface area (Å²) in [6, 6.07) is 8.07. The highest BCUT2D eigenvalue weighted by atomic mass is 15.2. The minimum absolute atomic E-state index is 0.944. The molecule has 3 N–H and O–H groups in total. The molecule has 0 aromatic heterocycles. The third kappa shape index (κ3) is 2.40. The van der Waals surface area contributed by atoms with E-state index in [-0.39, 0.29) is 0 Å². The van der Waals surface area contributed by atoms with Crippen molar-refractivity contribution in [2.24, 2.45) is 5.84 Å². The normalized spacial score (nSPS) is 10.5. The van der Waals surface area contributed by atoms with E-state index in [2.05, 4.69) is 29.7 Å². The number of rotatable bonds is 3. The summed E-state index contributed by atoms with van der Waals surface area (Å²) in [4.78, 5) is 0. The van der Waals surface area contributed by atoms with Crippen LogP contribution in [-0.2, 0) is 6.42 Å². The lowest BCUT2D eigenvalue weighted by molar-refractivity contribution is 1.25. The number of hydrogen-bond donors (Lipinski definition) is 2. The molecule has 0 bridgehead atoms. The Bertz CT molecular complexity index is 249. The third-order valence-corrected chi connectivity index (χ3v) is 1.71. The molecule has 1 aromatic rings. The molecule has 12 heavy (non-hydrogen) atoms. The first-order chi connectivity index (χ1) is 5.86. The van der Waals surface area contributed by atoms with Crippen LogP contribution in [-0.4, -0.2) is 0 Å². The summed E-state index contributed by atoms with van der Waals surface area (Å²) >= 11 is 0. The summed E-state index contributed by atoms with van der Waals surface area (Å²) in [7, 11) is 0. The van der Waals surface area contributed by atoms with E-state index < -0.39 is 0 Å². The highest BCUT2D eigenvalue weighted by Gasteiger charge is 1.89. The van der Waals surface area contributed by atoms with Gasteiger partial charge in [-0.25, -0.2) is 0 Å². The molecule has 2 nitrogen and oxygen atoms in total. The monoisotopic (exact) mass is 162 g/mol. The lowest BCUT2D eigenvalue weighted by Crippen LogP contribution is -2.06. The summed E-state index contributed by atoms with van der Waals surface area (Å²) in [6.45, 7) is 2.02. The van der Waals surface area contributed by atoms with E-state index in [4.69, 9.17) is 5.84 Å². The van der Waals surface area contributed by atoms with Crippen molar-refractivity contribution >= 4 is 5.69 Å². The van der Waals surface area contributed by atoms with Crippen LogP contribution in [0.4, 0.5) is 5.69 Å². The summed E-state index contributed by atoms with van der Waals surface area (Å²) in [6.07, 6.45) is 5.17. The zero-order valence-corrected chi connectivity index (χ0v) is 7.25. The van der Waals surface area contributed by atoms with Crippen LogP contribution in [0.15, 0.2) is 36.4 Å². The van der Waals surface area contributed by atoms with E-state index in [1.165, 1.54) is 5.56 Å². The van der Waals surface area contributed by atoms with Gasteiger partial charge in [-0.15, -0.1) is 0 Å². The highest BCUT2D eigenvalue weighted by Crippen LogP contribution is 2.08. The van der Waals surface area contributed by atoms with Crippen LogP contribution >= 0.6 is 0 Å². The molecule has 0 atom stereocenters. The van der Waals surface area contributed by atoms with Gasteiger partial charge in [-0.05, 0) is 31.0 Å². The van der Waals surface area contributed by atoms with Gasteiger partial charge in [0.2, 0.25) is 0 Å². The van der Waals surface area contributed by atoms with Crippen LogP contribution in [0.3, 0.4) is 0 Å². The van der Waals surface area contributed by atoms with Gasteiger partial charge in [-0.3, -0.25) is 5.84 Å². The van der Waals surface area contributed by atoms with Gasteiger partial charge in [-0.2, -0.15) is 0 Å². The number of anilines is 1. The first-order valence-electron chi connectivity index (χ1n) is 4.03. The van der Waals surface area contributed by atoms with Crippen LogP contribution in [0, 0.1) is 0 Å². The van der Waals surface area contributed by atoms with Gasteiger partial charge in [0.1, 0.15) is 0 Å². The first kappa shape index (κ1) is 8.81. The molecule has 0 amide bonds. The second-order valence-electron chi connectivity index (χ2n) is 2.61. The molecule has 0 heterocycles. The van der Waals surface area contributed by atoms with Gasteiger partial charge < -0.3 is 5.43 Å².